The zero-order valence-electron chi connectivity index (χ0n) is 8.54. The summed E-state index contributed by atoms with van der Waals surface area (Å²) in [5.74, 6) is -0.825. The van der Waals surface area contributed by atoms with Gasteiger partial charge in [0.1, 0.15) is 6.54 Å². The van der Waals surface area contributed by atoms with Crippen LogP contribution in [0.5, 0.6) is 0 Å². The lowest BCUT2D eigenvalue weighted by atomic mass is 10.3. The van der Waals surface area contributed by atoms with Crippen LogP contribution < -0.4 is 5.32 Å². The molecule has 1 aromatic carbocycles. The first-order chi connectivity index (χ1) is 7.47. The van der Waals surface area contributed by atoms with Gasteiger partial charge >= 0.3 is 5.97 Å². The lowest BCUT2D eigenvalue weighted by Crippen LogP contribution is -2.18. The van der Waals surface area contributed by atoms with Gasteiger partial charge in [0, 0.05) is 5.69 Å². The highest BCUT2D eigenvalue weighted by Gasteiger charge is 2.09. The standard InChI is InChI=1S/C9H11NO5S/c1-16(12,13)15-14-9(11)7-10-8-5-3-2-4-6-8/h2-6,10H,7H2,1H3. The molecule has 0 aliphatic carbocycles. The molecule has 0 bridgehead atoms. The molecule has 0 aromatic heterocycles. The number of carbonyl (C=O) groups excluding carboxylic acids is 1. The molecule has 0 spiro atoms. The summed E-state index contributed by atoms with van der Waals surface area (Å²) in [4.78, 5) is 15.0. The number of nitrogens with one attached hydrogen (secondary N) is 1. The van der Waals surface area contributed by atoms with E-state index < -0.39 is 16.1 Å². The summed E-state index contributed by atoms with van der Waals surface area (Å²) < 4.78 is 24.8. The fourth-order valence-electron chi connectivity index (χ4n) is 0.859. The molecule has 1 aromatic rings. The third kappa shape index (κ3) is 5.32. The summed E-state index contributed by atoms with van der Waals surface area (Å²) in [6, 6.07) is 8.92. The second-order valence-electron chi connectivity index (χ2n) is 2.95. The predicted octanol–water partition coefficient (Wildman–Crippen LogP) is 0.533. The molecule has 1 N–H and O–H groups in total. The number of anilines is 1. The van der Waals surface area contributed by atoms with Crippen LogP contribution in [0.25, 0.3) is 0 Å². The first-order valence-corrected chi connectivity index (χ1v) is 6.17. The molecule has 6 nitrogen and oxygen atoms in total. The normalized spacial score (nSPS) is 10.8. The third-order valence-corrected chi connectivity index (χ3v) is 1.78. The molecule has 0 aliphatic rings. The molecule has 0 saturated heterocycles. The SMILES string of the molecule is CS(=O)(=O)OOC(=O)CNc1ccccc1. The van der Waals surface area contributed by atoms with E-state index in [9.17, 15) is 13.2 Å². The van der Waals surface area contributed by atoms with Gasteiger partial charge in [-0.1, -0.05) is 22.5 Å². The minimum atomic E-state index is -3.77. The number of rotatable bonds is 5. The molecule has 0 unspecified atom stereocenters. The van der Waals surface area contributed by atoms with Crippen LogP contribution >= 0.6 is 0 Å². The summed E-state index contributed by atoms with van der Waals surface area (Å²) in [6.45, 7) is -0.181. The van der Waals surface area contributed by atoms with Gasteiger partial charge in [-0.2, -0.15) is 8.42 Å². The number of hydrogen-bond donors (Lipinski definition) is 1. The van der Waals surface area contributed by atoms with E-state index in [1.54, 1.807) is 24.3 Å². The van der Waals surface area contributed by atoms with Crippen molar-refractivity contribution in [3.8, 4) is 0 Å². The molecular weight excluding hydrogens is 234 g/mol. The van der Waals surface area contributed by atoms with Gasteiger partial charge in [-0.25, -0.2) is 4.79 Å². The maximum absolute atomic E-state index is 11.0. The molecule has 0 atom stereocenters. The first kappa shape index (κ1) is 12.5. The molecule has 88 valence electrons. The van der Waals surface area contributed by atoms with E-state index in [4.69, 9.17) is 0 Å². The average molecular weight is 245 g/mol. The van der Waals surface area contributed by atoms with Crippen LogP contribution in [-0.2, 0) is 24.1 Å². The average Bonchev–Trinajstić information content (AvgIpc) is 2.24. The predicted molar refractivity (Wildman–Crippen MR) is 57.0 cm³/mol. The molecule has 7 heteroatoms. The van der Waals surface area contributed by atoms with Crippen LogP contribution in [0.4, 0.5) is 5.69 Å². The van der Waals surface area contributed by atoms with E-state index >= 15 is 0 Å². The van der Waals surface area contributed by atoms with E-state index in [-0.39, 0.29) is 6.54 Å². The maximum Gasteiger partial charge on any atom is 0.362 e. The number of para-hydroxylation sites is 1. The number of carbonyl (C=O) groups is 1. The largest absolute Gasteiger partial charge is 0.375 e. The Kier molecular flexibility index (Phi) is 4.27. The Labute approximate surface area is 93.2 Å². The summed E-state index contributed by atoms with van der Waals surface area (Å²) in [5.41, 5.74) is 0.721. The van der Waals surface area contributed by atoms with Gasteiger partial charge in [0.05, 0.1) is 6.26 Å². The first-order valence-electron chi connectivity index (χ1n) is 4.35. The second kappa shape index (κ2) is 5.47. The monoisotopic (exact) mass is 245 g/mol. The summed E-state index contributed by atoms with van der Waals surface area (Å²) in [7, 11) is -3.77. The number of benzene rings is 1. The molecule has 0 fully saturated rings. The molecule has 0 radical (unpaired) electrons. The van der Waals surface area contributed by atoms with Gasteiger partial charge in [0.25, 0.3) is 10.1 Å². The highest BCUT2D eigenvalue weighted by molar-refractivity contribution is 7.85. The van der Waals surface area contributed by atoms with Crippen molar-refractivity contribution in [1.82, 2.24) is 0 Å². The van der Waals surface area contributed by atoms with Gasteiger partial charge in [0.15, 0.2) is 0 Å². The van der Waals surface area contributed by atoms with Crippen molar-refractivity contribution in [2.75, 3.05) is 18.1 Å². The van der Waals surface area contributed by atoms with E-state index in [2.05, 4.69) is 14.5 Å². The molecule has 16 heavy (non-hydrogen) atoms. The van der Waals surface area contributed by atoms with Crippen molar-refractivity contribution in [3.05, 3.63) is 30.3 Å². The smallest absolute Gasteiger partial charge is 0.362 e. The van der Waals surface area contributed by atoms with E-state index in [1.807, 2.05) is 6.07 Å². The Hall–Kier alpha value is -1.60. The Balaban J connectivity index is 2.31. The summed E-state index contributed by atoms with van der Waals surface area (Å²) in [5, 5.41) is 2.73. The van der Waals surface area contributed by atoms with Crippen LogP contribution in [-0.4, -0.2) is 27.2 Å². The molecule has 0 heterocycles. The molecule has 1 rings (SSSR count). The van der Waals surface area contributed by atoms with Crippen molar-refractivity contribution >= 4 is 21.8 Å². The molecule has 0 aliphatic heterocycles. The second-order valence-corrected chi connectivity index (χ2v) is 4.49. The van der Waals surface area contributed by atoms with Crippen LogP contribution in [0.1, 0.15) is 0 Å². The van der Waals surface area contributed by atoms with Gasteiger partial charge in [-0.15, -0.1) is 0 Å². The topological polar surface area (TPSA) is 81.7 Å². The van der Waals surface area contributed by atoms with Crippen molar-refractivity contribution in [2.45, 2.75) is 0 Å². The fraction of sp³-hybridized carbons (Fsp3) is 0.222. The highest BCUT2D eigenvalue weighted by atomic mass is 32.2. The minimum absolute atomic E-state index is 0.181. The van der Waals surface area contributed by atoms with Gasteiger partial charge in [-0.05, 0) is 12.1 Å². The summed E-state index contributed by atoms with van der Waals surface area (Å²) >= 11 is 0. The van der Waals surface area contributed by atoms with E-state index in [1.165, 1.54) is 0 Å². The lowest BCUT2D eigenvalue weighted by Gasteiger charge is -2.04. The van der Waals surface area contributed by atoms with Crippen molar-refractivity contribution in [2.24, 2.45) is 0 Å². The molecular formula is C9H11NO5S. The van der Waals surface area contributed by atoms with Crippen LogP contribution in [0.2, 0.25) is 0 Å². The van der Waals surface area contributed by atoms with Crippen LogP contribution in [0, 0.1) is 0 Å². The summed E-state index contributed by atoms with van der Waals surface area (Å²) in [6.07, 6.45) is 0.783. The number of hydrogen-bond acceptors (Lipinski definition) is 6. The molecule has 0 amide bonds. The zero-order valence-corrected chi connectivity index (χ0v) is 9.36. The van der Waals surface area contributed by atoms with Crippen LogP contribution in [0.15, 0.2) is 30.3 Å². The lowest BCUT2D eigenvalue weighted by molar-refractivity contribution is -0.208. The van der Waals surface area contributed by atoms with E-state index in [0.717, 1.165) is 11.9 Å². The Morgan fingerprint density at radius 1 is 1.31 bits per heavy atom. The van der Waals surface area contributed by atoms with Crippen LogP contribution in [0.3, 0.4) is 0 Å². The van der Waals surface area contributed by atoms with Gasteiger partial charge < -0.3 is 5.32 Å². The Morgan fingerprint density at radius 3 is 2.50 bits per heavy atom. The minimum Gasteiger partial charge on any atom is -0.375 e. The highest BCUT2D eigenvalue weighted by Crippen LogP contribution is 2.04. The molecule has 0 saturated carbocycles. The third-order valence-electron chi connectivity index (χ3n) is 1.46. The van der Waals surface area contributed by atoms with Crippen molar-refractivity contribution in [1.29, 1.82) is 0 Å². The van der Waals surface area contributed by atoms with Gasteiger partial charge in [-0.3, -0.25) is 4.89 Å². The zero-order chi connectivity index (χ0) is 12.0. The quantitative estimate of drug-likeness (QED) is 0.602. The van der Waals surface area contributed by atoms with E-state index in [0.29, 0.717) is 0 Å². The van der Waals surface area contributed by atoms with Crippen molar-refractivity contribution < 1.29 is 22.4 Å². The van der Waals surface area contributed by atoms with Gasteiger partial charge in [0.2, 0.25) is 0 Å². The Bertz CT molecular complexity index is 442. The Morgan fingerprint density at radius 2 is 1.94 bits per heavy atom. The fourth-order valence-corrected chi connectivity index (χ4v) is 1.06. The maximum atomic E-state index is 11.0. The van der Waals surface area contributed by atoms with Crippen molar-refractivity contribution in [3.63, 3.8) is 0 Å².